The van der Waals surface area contributed by atoms with Gasteiger partial charge >= 0.3 is 0 Å². The van der Waals surface area contributed by atoms with E-state index in [0.29, 0.717) is 0 Å². The number of amides is 1. The van der Waals surface area contributed by atoms with Gasteiger partial charge in [0.2, 0.25) is 5.91 Å². The van der Waals surface area contributed by atoms with Crippen molar-refractivity contribution in [1.82, 2.24) is 0 Å². The van der Waals surface area contributed by atoms with E-state index in [2.05, 4.69) is 29.0 Å². The Labute approximate surface area is 178 Å². The molecule has 0 aliphatic carbocycles. The maximum Gasteiger partial charge on any atom is 0.247 e. The molecule has 0 aromatic heterocycles. The van der Waals surface area contributed by atoms with E-state index in [4.69, 9.17) is 0 Å². The minimum absolute atomic E-state index is 0.211. The molecule has 1 rings (SSSR count). The van der Waals surface area contributed by atoms with Crippen LogP contribution < -0.4 is 5.32 Å². The third-order valence-electron chi connectivity index (χ3n) is 5.12. The highest BCUT2D eigenvalue weighted by molar-refractivity contribution is 5.98. The molecule has 0 atom stereocenters. The average molecular weight is 400 g/mol. The van der Waals surface area contributed by atoms with E-state index in [1.807, 2.05) is 24.3 Å². The Morgan fingerprint density at radius 1 is 0.828 bits per heavy atom. The van der Waals surface area contributed by atoms with Crippen LogP contribution in [0.25, 0.3) is 0 Å². The van der Waals surface area contributed by atoms with E-state index in [-0.39, 0.29) is 5.91 Å². The molecular formula is C25H41N3O. The van der Waals surface area contributed by atoms with Gasteiger partial charge < -0.3 is 5.32 Å². The van der Waals surface area contributed by atoms with Gasteiger partial charge in [-0.2, -0.15) is 10.2 Å². The van der Waals surface area contributed by atoms with Gasteiger partial charge in [0.15, 0.2) is 0 Å². The third kappa shape index (κ3) is 14.7. The summed E-state index contributed by atoms with van der Waals surface area (Å²) in [5, 5.41) is 11.2. The standard InChI is InChI=1S/C25H41N3O/c1-3-5-6-7-8-9-10-11-12-13-14-15-16-17-22-26-28-24-20-18-23(19-21-24)27-25(29)4-2/h4,18-21H,2-3,5-17,22H2,1H3,(H,27,29). The molecule has 0 spiro atoms. The molecule has 0 bridgehead atoms. The molecule has 1 aromatic carbocycles. The Hall–Kier alpha value is -1.97. The van der Waals surface area contributed by atoms with Gasteiger partial charge in [-0.3, -0.25) is 4.79 Å². The largest absolute Gasteiger partial charge is 0.323 e. The molecule has 1 aromatic rings. The number of hydrogen-bond donors (Lipinski definition) is 1. The van der Waals surface area contributed by atoms with Gasteiger partial charge in [0, 0.05) is 5.69 Å². The summed E-state index contributed by atoms with van der Waals surface area (Å²) in [7, 11) is 0. The number of azo groups is 1. The van der Waals surface area contributed by atoms with Crippen molar-refractivity contribution in [1.29, 1.82) is 0 Å². The molecule has 0 saturated heterocycles. The molecular weight excluding hydrogens is 358 g/mol. The number of unbranched alkanes of at least 4 members (excludes halogenated alkanes) is 13. The molecule has 0 saturated carbocycles. The van der Waals surface area contributed by atoms with E-state index in [1.54, 1.807) is 0 Å². The van der Waals surface area contributed by atoms with Crippen molar-refractivity contribution in [3.05, 3.63) is 36.9 Å². The number of rotatable bonds is 18. The van der Waals surface area contributed by atoms with E-state index in [9.17, 15) is 4.79 Å². The zero-order valence-electron chi connectivity index (χ0n) is 18.5. The van der Waals surface area contributed by atoms with Crippen LogP contribution in [0, 0.1) is 0 Å². The zero-order chi connectivity index (χ0) is 21.0. The minimum atomic E-state index is -0.211. The van der Waals surface area contributed by atoms with Gasteiger partial charge in [0.05, 0.1) is 12.2 Å². The Balaban J connectivity index is 1.91. The lowest BCUT2D eigenvalue weighted by molar-refractivity contribution is -0.111. The third-order valence-corrected chi connectivity index (χ3v) is 5.12. The van der Waals surface area contributed by atoms with Crippen molar-refractivity contribution in [2.75, 3.05) is 11.9 Å². The van der Waals surface area contributed by atoms with E-state index in [0.717, 1.165) is 24.3 Å². The number of benzene rings is 1. The molecule has 29 heavy (non-hydrogen) atoms. The van der Waals surface area contributed by atoms with E-state index in [1.165, 1.54) is 89.5 Å². The van der Waals surface area contributed by atoms with Crippen molar-refractivity contribution < 1.29 is 4.79 Å². The molecule has 1 amide bonds. The van der Waals surface area contributed by atoms with Crippen molar-refractivity contribution >= 4 is 17.3 Å². The van der Waals surface area contributed by atoms with Crippen molar-refractivity contribution in [3.8, 4) is 0 Å². The molecule has 0 heterocycles. The SMILES string of the molecule is C=CC(=O)Nc1ccc(N=NCCCCCCCCCCCCCCCC)cc1. The predicted molar refractivity (Wildman–Crippen MR) is 125 cm³/mol. The predicted octanol–water partition coefficient (Wildman–Crippen LogP) is 8.38. The maximum absolute atomic E-state index is 11.2. The topological polar surface area (TPSA) is 53.8 Å². The van der Waals surface area contributed by atoms with Crippen molar-refractivity contribution in [2.24, 2.45) is 10.2 Å². The summed E-state index contributed by atoms with van der Waals surface area (Å²) in [4.78, 5) is 11.2. The first-order chi connectivity index (χ1) is 14.3. The van der Waals surface area contributed by atoms with Gasteiger partial charge in [-0.05, 0) is 36.8 Å². The van der Waals surface area contributed by atoms with Crippen LogP contribution in [0.4, 0.5) is 11.4 Å². The van der Waals surface area contributed by atoms with Gasteiger partial charge in [0.25, 0.3) is 0 Å². The number of anilines is 1. The van der Waals surface area contributed by atoms with E-state index >= 15 is 0 Å². The van der Waals surface area contributed by atoms with Gasteiger partial charge in [-0.1, -0.05) is 97.0 Å². The van der Waals surface area contributed by atoms with Crippen LogP contribution in [-0.4, -0.2) is 12.5 Å². The zero-order valence-corrected chi connectivity index (χ0v) is 18.5. The highest BCUT2D eigenvalue weighted by Gasteiger charge is 1.97. The molecule has 0 aliphatic heterocycles. The molecule has 0 radical (unpaired) electrons. The lowest BCUT2D eigenvalue weighted by Crippen LogP contribution is -2.06. The number of nitrogens with one attached hydrogen (secondary N) is 1. The molecule has 0 unspecified atom stereocenters. The second-order valence-corrected chi connectivity index (χ2v) is 7.80. The lowest BCUT2D eigenvalue weighted by atomic mass is 10.0. The van der Waals surface area contributed by atoms with Crippen LogP contribution in [0.15, 0.2) is 47.1 Å². The molecule has 0 fully saturated rings. The number of carbonyl (C=O) groups excluding carboxylic acids is 1. The lowest BCUT2D eigenvalue weighted by Gasteiger charge is -2.03. The number of nitrogens with zero attached hydrogens (tertiary/aromatic N) is 2. The Morgan fingerprint density at radius 2 is 1.31 bits per heavy atom. The second kappa shape index (κ2) is 18.1. The summed E-state index contributed by atoms with van der Waals surface area (Å²) >= 11 is 0. The van der Waals surface area contributed by atoms with Crippen LogP contribution in [0.5, 0.6) is 0 Å². The summed E-state index contributed by atoms with van der Waals surface area (Å²) in [6.45, 7) is 6.50. The normalized spacial score (nSPS) is 11.1. The highest BCUT2D eigenvalue weighted by atomic mass is 16.1. The summed E-state index contributed by atoms with van der Waals surface area (Å²) in [6.07, 6.45) is 20.4. The molecule has 162 valence electrons. The highest BCUT2D eigenvalue weighted by Crippen LogP contribution is 2.17. The fraction of sp³-hybridized carbons (Fsp3) is 0.640. The maximum atomic E-state index is 11.2. The molecule has 4 nitrogen and oxygen atoms in total. The first-order valence-corrected chi connectivity index (χ1v) is 11.7. The van der Waals surface area contributed by atoms with Gasteiger partial charge in [-0.15, -0.1) is 0 Å². The van der Waals surface area contributed by atoms with Crippen LogP contribution >= 0.6 is 0 Å². The van der Waals surface area contributed by atoms with Crippen LogP contribution in [-0.2, 0) is 4.79 Å². The second-order valence-electron chi connectivity index (χ2n) is 7.80. The fourth-order valence-corrected chi connectivity index (χ4v) is 3.31. The summed E-state index contributed by atoms with van der Waals surface area (Å²) in [6, 6.07) is 7.35. The van der Waals surface area contributed by atoms with Crippen LogP contribution in [0.2, 0.25) is 0 Å². The monoisotopic (exact) mass is 399 g/mol. The van der Waals surface area contributed by atoms with Crippen molar-refractivity contribution in [3.63, 3.8) is 0 Å². The Kier molecular flexibility index (Phi) is 15.6. The molecule has 0 aliphatic rings. The summed E-state index contributed by atoms with van der Waals surface area (Å²) < 4.78 is 0. The first kappa shape index (κ1) is 25.1. The van der Waals surface area contributed by atoms with Gasteiger partial charge in [-0.25, -0.2) is 0 Å². The smallest absolute Gasteiger partial charge is 0.247 e. The van der Waals surface area contributed by atoms with Crippen molar-refractivity contribution in [2.45, 2.75) is 96.8 Å². The summed E-state index contributed by atoms with van der Waals surface area (Å²) in [5.41, 5.74) is 1.55. The average Bonchev–Trinajstić information content (AvgIpc) is 2.74. The number of carbonyl (C=O) groups is 1. The molecule has 4 heteroatoms. The van der Waals surface area contributed by atoms with Crippen LogP contribution in [0.1, 0.15) is 96.8 Å². The first-order valence-electron chi connectivity index (χ1n) is 11.7. The Bertz CT molecular complexity index is 566. The van der Waals surface area contributed by atoms with E-state index < -0.39 is 0 Å². The van der Waals surface area contributed by atoms with Crippen LogP contribution in [0.3, 0.4) is 0 Å². The minimum Gasteiger partial charge on any atom is -0.323 e. The van der Waals surface area contributed by atoms with Gasteiger partial charge in [0.1, 0.15) is 0 Å². The number of hydrogen-bond acceptors (Lipinski definition) is 3. The summed E-state index contributed by atoms with van der Waals surface area (Å²) in [5.74, 6) is -0.211. The quantitative estimate of drug-likeness (QED) is 0.150. The fourth-order valence-electron chi connectivity index (χ4n) is 3.31. The Morgan fingerprint density at radius 3 is 1.79 bits per heavy atom. The molecule has 1 N–H and O–H groups in total.